The Balaban J connectivity index is 2.22. The fourth-order valence-electron chi connectivity index (χ4n) is 2.02. The summed E-state index contributed by atoms with van der Waals surface area (Å²) in [5, 5.41) is 6.22. The third-order valence-corrected chi connectivity index (χ3v) is 3.71. The Hall–Kier alpha value is -2.04. The number of hydrogen-bond donors (Lipinski definition) is 2. The van der Waals surface area contributed by atoms with Crippen LogP contribution in [0.1, 0.15) is 41.5 Å². The third-order valence-electron chi connectivity index (χ3n) is 3.08. The van der Waals surface area contributed by atoms with Gasteiger partial charge in [0.1, 0.15) is 0 Å². The van der Waals surface area contributed by atoms with Crippen LogP contribution in [0.3, 0.4) is 0 Å². The molecule has 0 aliphatic heterocycles. The minimum absolute atomic E-state index is 0.243. The molecule has 0 aliphatic carbocycles. The first-order valence-corrected chi connectivity index (χ1v) is 8.11. The second-order valence-electron chi connectivity index (χ2n) is 6.34. The second-order valence-corrected chi connectivity index (χ2v) is 7.15. The molecule has 24 heavy (non-hydrogen) atoms. The molecule has 126 valence electrons. The Morgan fingerprint density at radius 2 is 1.38 bits per heavy atom. The van der Waals surface area contributed by atoms with E-state index in [9.17, 15) is 9.59 Å². The lowest BCUT2D eigenvalue weighted by atomic mass is 10.1. The minimum atomic E-state index is -0.393. The average Bonchev–Trinajstić information content (AvgIpc) is 2.49. The van der Waals surface area contributed by atoms with Gasteiger partial charge in [0.25, 0.3) is 11.8 Å². The smallest absolute Gasteiger partial charge is 0.255 e. The highest BCUT2D eigenvalue weighted by atomic mass is 35.5. The van der Waals surface area contributed by atoms with E-state index in [0.29, 0.717) is 26.9 Å². The molecule has 0 saturated carbocycles. The Kier molecular flexibility index (Phi) is 5.52. The van der Waals surface area contributed by atoms with Gasteiger partial charge in [-0.1, -0.05) is 35.3 Å². The van der Waals surface area contributed by atoms with E-state index in [1.807, 2.05) is 20.8 Å². The van der Waals surface area contributed by atoms with Crippen molar-refractivity contribution in [3.05, 3.63) is 63.6 Å². The molecule has 4 nitrogen and oxygen atoms in total. The fraction of sp³-hybridized carbons (Fsp3) is 0.222. The summed E-state index contributed by atoms with van der Waals surface area (Å²) in [6, 6.07) is 11.4. The largest absolute Gasteiger partial charge is 0.347 e. The molecular formula is C18H18Cl2N2O2. The molecule has 2 aromatic rings. The van der Waals surface area contributed by atoms with Crippen molar-refractivity contribution in [2.45, 2.75) is 26.3 Å². The second kappa shape index (κ2) is 7.24. The van der Waals surface area contributed by atoms with E-state index in [2.05, 4.69) is 10.6 Å². The van der Waals surface area contributed by atoms with Gasteiger partial charge < -0.3 is 10.6 Å². The maximum absolute atomic E-state index is 12.4. The van der Waals surface area contributed by atoms with Crippen LogP contribution in [0.25, 0.3) is 0 Å². The molecule has 0 bridgehead atoms. The predicted molar refractivity (Wildman–Crippen MR) is 98.1 cm³/mol. The van der Waals surface area contributed by atoms with Crippen molar-refractivity contribution < 1.29 is 9.59 Å². The summed E-state index contributed by atoms with van der Waals surface area (Å²) in [5.41, 5.74) is 0.728. The zero-order valence-corrected chi connectivity index (χ0v) is 15.1. The normalized spacial score (nSPS) is 11.0. The van der Waals surface area contributed by atoms with Crippen LogP contribution in [0.15, 0.2) is 42.5 Å². The summed E-state index contributed by atoms with van der Waals surface area (Å²) in [7, 11) is 0. The van der Waals surface area contributed by atoms with Crippen molar-refractivity contribution in [1.29, 1.82) is 0 Å². The van der Waals surface area contributed by atoms with Gasteiger partial charge in [0, 0.05) is 16.7 Å². The molecule has 2 N–H and O–H groups in total. The quantitative estimate of drug-likeness (QED) is 0.823. The van der Waals surface area contributed by atoms with Gasteiger partial charge in [0.2, 0.25) is 0 Å². The number of nitrogens with one attached hydrogen (secondary N) is 2. The van der Waals surface area contributed by atoms with Gasteiger partial charge in [-0.2, -0.15) is 0 Å². The summed E-state index contributed by atoms with van der Waals surface area (Å²) >= 11 is 12.1. The number of amides is 2. The van der Waals surface area contributed by atoms with Crippen LogP contribution in [-0.2, 0) is 0 Å². The van der Waals surface area contributed by atoms with E-state index in [0.717, 1.165) is 0 Å². The molecule has 0 unspecified atom stereocenters. The molecule has 0 atom stereocenters. The summed E-state index contributed by atoms with van der Waals surface area (Å²) in [6.07, 6.45) is 0. The number of anilines is 1. The van der Waals surface area contributed by atoms with Crippen LogP contribution in [-0.4, -0.2) is 17.4 Å². The number of hydrogen-bond acceptors (Lipinski definition) is 2. The van der Waals surface area contributed by atoms with Gasteiger partial charge in [0.05, 0.1) is 15.7 Å². The molecule has 0 fully saturated rings. The summed E-state index contributed by atoms with van der Waals surface area (Å²) < 4.78 is 0. The summed E-state index contributed by atoms with van der Waals surface area (Å²) in [6.45, 7) is 5.67. The Bertz CT molecular complexity index is 763. The topological polar surface area (TPSA) is 58.2 Å². The van der Waals surface area contributed by atoms with Crippen LogP contribution in [0.5, 0.6) is 0 Å². The Morgan fingerprint density at radius 3 is 1.92 bits per heavy atom. The lowest BCUT2D eigenvalue weighted by molar-refractivity contribution is 0.0919. The standard InChI is InChI=1S/C18H18Cl2N2O2/c1-18(2,3)22-17(24)12-7-4-6-11(10-12)16(23)21-15-13(19)8-5-9-14(15)20/h4-10H,1-3H3,(H,21,23)(H,22,24). The first-order valence-electron chi connectivity index (χ1n) is 7.35. The highest BCUT2D eigenvalue weighted by Crippen LogP contribution is 2.30. The molecule has 0 aromatic heterocycles. The van der Waals surface area contributed by atoms with E-state index in [-0.39, 0.29) is 11.4 Å². The van der Waals surface area contributed by atoms with E-state index in [1.54, 1.807) is 36.4 Å². The average molecular weight is 365 g/mol. The summed E-state index contributed by atoms with van der Waals surface area (Å²) in [4.78, 5) is 24.6. The number of benzene rings is 2. The monoisotopic (exact) mass is 364 g/mol. The van der Waals surface area contributed by atoms with E-state index in [1.165, 1.54) is 6.07 Å². The number of carbonyl (C=O) groups is 2. The Labute approximate surface area is 151 Å². The van der Waals surface area contributed by atoms with Crippen molar-refractivity contribution in [2.24, 2.45) is 0 Å². The van der Waals surface area contributed by atoms with Crippen molar-refractivity contribution in [2.75, 3.05) is 5.32 Å². The molecule has 0 aliphatic rings. The van der Waals surface area contributed by atoms with E-state index >= 15 is 0 Å². The number of rotatable bonds is 3. The SMILES string of the molecule is CC(C)(C)NC(=O)c1cccc(C(=O)Nc2c(Cl)cccc2Cl)c1. The van der Waals surface area contributed by atoms with Crippen molar-refractivity contribution >= 4 is 40.7 Å². The molecule has 2 rings (SSSR count). The molecule has 0 heterocycles. The van der Waals surface area contributed by atoms with Gasteiger partial charge >= 0.3 is 0 Å². The number of para-hydroxylation sites is 1. The van der Waals surface area contributed by atoms with E-state index < -0.39 is 5.91 Å². The fourth-order valence-corrected chi connectivity index (χ4v) is 2.51. The lowest BCUT2D eigenvalue weighted by Gasteiger charge is -2.20. The third kappa shape index (κ3) is 4.73. The van der Waals surface area contributed by atoms with Crippen LogP contribution < -0.4 is 10.6 Å². The Morgan fingerprint density at radius 1 is 0.875 bits per heavy atom. The van der Waals surface area contributed by atoms with E-state index in [4.69, 9.17) is 23.2 Å². The highest BCUT2D eigenvalue weighted by Gasteiger charge is 2.17. The van der Waals surface area contributed by atoms with Gasteiger partial charge in [-0.15, -0.1) is 0 Å². The van der Waals surface area contributed by atoms with Gasteiger partial charge in [-0.25, -0.2) is 0 Å². The predicted octanol–water partition coefficient (Wildman–Crippen LogP) is 4.77. The van der Waals surface area contributed by atoms with Crippen LogP contribution in [0.4, 0.5) is 5.69 Å². The van der Waals surface area contributed by atoms with Crippen molar-refractivity contribution in [1.82, 2.24) is 5.32 Å². The van der Waals surface area contributed by atoms with Gasteiger partial charge in [0.15, 0.2) is 0 Å². The van der Waals surface area contributed by atoms with Crippen molar-refractivity contribution in [3.63, 3.8) is 0 Å². The molecule has 0 radical (unpaired) electrons. The van der Waals surface area contributed by atoms with Crippen LogP contribution >= 0.6 is 23.2 Å². The summed E-state index contributed by atoms with van der Waals surface area (Å²) in [5.74, 6) is -0.636. The molecular weight excluding hydrogens is 347 g/mol. The first kappa shape index (κ1) is 18.3. The van der Waals surface area contributed by atoms with Crippen LogP contribution in [0.2, 0.25) is 10.0 Å². The minimum Gasteiger partial charge on any atom is -0.347 e. The molecule has 0 spiro atoms. The van der Waals surface area contributed by atoms with Gasteiger partial charge in [-0.05, 0) is 51.1 Å². The molecule has 2 amide bonds. The van der Waals surface area contributed by atoms with Crippen molar-refractivity contribution in [3.8, 4) is 0 Å². The van der Waals surface area contributed by atoms with Crippen LogP contribution in [0, 0.1) is 0 Å². The number of halogens is 2. The lowest BCUT2D eigenvalue weighted by Crippen LogP contribution is -2.40. The molecule has 2 aromatic carbocycles. The highest BCUT2D eigenvalue weighted by molar-refractivity contribution is 6.40. The maximum atomic E-state index is 12.4. The van der Waals surface area contributed by atoms with Gasteiger partial charge in [-0.3, -0.25) is 9.59 Å². The zero-order chi connectivity index (χ0) is 17.9. The molecule has 0 saturated heterocycles. The first-order chi connectivity index (χ1) is 11.2. The maximum Gasteiger partial charge on any atom is 0.255 e. The molecule has 6 heteroatoms. The number of carbonyl (C=O) groups excluding carboxylic acids is 2. The zero-order valence-electron chi connectivity index (χ0n) is 13.6.